The van der Waals surface area contributed by atoms with Crippen molar-refractivity contribution in [1.82, 2.24) is 14.5 Å². The van der Waals surface area contributed by atoms with E-state index in [1.165, 1.54) is 13.0 Å². The van der Waals surface area contributed by atoms with Gasteiger partial charge in [0.2, 0.25) is 5.91 Å². The molecule has 1 fully saturated rings. The Morgan fingerprint density at radius 1 is 1.21 bits per heavy atom. The van der Waals surface area contributed by atoms with Gasteiger partial charge >= 0.3 is 12.1 Å². The number of carboxylic acid groups (broad SMARTS) is 1. The van der Waals surface area contributed by atoms with Crippen molar-refractivity contribution in [2.45, 2.75) is 52.4 Å². The first kappa shape index (κ1) is 23.8. The number of alkyl halides is 3. The number of aromatic nitrogens is 2. The monoisotopic (exact) mass is 473 g/mol. The van der Waals surface area contributed by atoms with Crippen LogP contribution in [-0.4, -0.2) is 38.0 Å². The van der Waals surface area contributed by atoms with Crippen molar-refractivity contribution in [2.75, 3.05) is 6.54 Å². The van der Waals surface area contributed by atoms with Crippen molar-refractivity contribution < 1.29 is 27.9 Å². The number of aryl methyl sites for hydroxylation is 1. The minimum absolute atomic E-state index is 0.0259. The zero-order chi connectivity index (χ0) is 24.8. The fourth-order valence-electron chi connectivity index (χ4n) is 4.17. The molecule has 1 atom stereocenters. The van der Waals surface area contributed by atoms with Crippen LogP contribution in [0.4, 0.5) is 13.2 Å². The van der Waals surface area contributed by atoms with Gasteiger partial charge in [-0.2, -0.15) is 13.2 Å². The fourth-order valence-corrected chi connectivity index (χ4v) is 4.17. The molecule has 6 nitrogen and oxygen atoms in total. The number of carbonyl (C=O) groups is 2. The zero-order valence-electron chi connectivity index (χ0n) is 19.2. The molecule has 4 rings (SSSR count). The van der Waals surface area contributed by atoms with E-state index >= 15 is 0 Å². The Bertz CT molecular complexity index is 1260. The number of amides is 1. The molecule has 9 heteroatoms. The van der Waals surface area contributed by atoms with Crippen LogP contribution in [0.1, 0.15) is 49.6 Å². The summed E-state index contributed by atoms with van der Waals surface area (Å²) in [6.45, 7) is 5.53. The Balaban J connectivity index is 1.90. The van der Waals surface area contributed by atoms with E-state index < -0.39 is 23.8 Å². The average Bonchev–Trinajstić information content (AvgIpc) is 3.57. The van der Waals surface area contributed by atoms with Gasteiger partial charge in [0.15, 0.2) is 0 Å². The third-order valence-corrected chi connectivity index (χ3v) is 6.29. The summed E-state index contributed by atoms with van der Waals surface area (Å²) in [5, 5.41) is 9.57. The normalized spacial score (nSPS) is 14.9. The maximum absolute atomic E-state index is 13.6. The van der Waals surface area contributed by atoms with Crippen molar-refractivity contribution in [3.05, 3.63) is 53.3 Å². The Morgan fingerprint density at radius 2 is 1.91 bits per heavy atom. The SMILES string of the molecule is CCN(Cc1cc(C(F)(F)F)ccc1-c1cn(C(C)C(=O)O)c2ccc(C)nc12)C(=O)C1CC1. The standard InChI is InChI=1S/C25H26F3N3O3/c1-4-30(23(32)16-6-7-16)12-17-11-18(25(26,27)28)8-9-19(17)20-13-31(15(3)24(33)34)21-10-5-14(2)29-22(20)21/h5,8-11,13,15-16H,4,6-7,12H2,1-3H3,(H,33,34). The Morgan fingerprint density at radius 3 is 2.50 bits per heavy atom. The fraction of sp³-hybridized carbons (Fsp3) is 0.400. The molecular formula is C25H26F3N3O3. The number of aliphatic carboxylic acids is 1. The highest BCUT2D eigenvalue weighted by Crippen LogP contribution is 2.38. The number of pyridine rings is 1. The highest BCUT2D eigenvalue weighted by Gasteiger charge is 2.35. The first-order chi connectivity index (χ1) is 16.0. The molecule has 34 heavy (non-hydrogen) atoms. The Hall–Kier alpha value is -3.36. The minimum atomic E-state index is -4.54. The first-order valence-electron chi connectivity index (χ1n) is 11.2. The minimum Gasteiger partial charge on any atom is -0.480 e. The number of benzene rings is 1. The molecule has 1 N–H and O–H groups in total. The summed E-state index contributed by atoms with van der Waals surface area (Å²) in [6.07, 6.45) is -1.31. The predicted molar refractivity (Wildman–Crippen MR) is 121 cm³/mol. The van der Waals surface area contributed by atoms with E-state index in [0.717, 1.165) is 25.0 Å². The lowest BCUT2D eigenvalue weighted by Gasteiger charge is -2.23. The van der Waals surface area contributed by atoms with Crippen molar-refractivity contribution in [3.8, 4) is 11.1 Å². The molecule has 2 aromatic heterocycles. The van der Waals surface area contributed by atoms with Crippen molar-refractivity contribution in [3.63, 3.8) is 0 Å². The van der Waals surface area contributed by atoms with Gasteiger partial charge in [-0.15, -0.1) is 0 Å². The third kappa shape index (κ3) is 4.51. The summed E-state index contributed by atoms with van der Waals surface area (Å²) in [5.41, 5.74) is 2.35. The van der Waals surface area contributed by atoms with Gasteiger partial charge in [0.25, 0.3) is 0 Å². The molecule has 0 aliphatic heterocycles. The van der Waals surface area contributed by atoms with Crippen molar-refractivity contribution >= 4 is 22.9 Å². The molecule has 0 saturated heterocycles. The molecule has 0 spiro atoms. The molecule has 1 aliphatic carbocycles. The van der Waals surface area contributed by atoms with E-state index in [0.29, 0.717) is 40.0 Å². The van der Waals surface area contributed by atoms with E-state index in [1.807, 2.05) is 0 Å². The second-order valence-corrected chi connectivity index (χ2v) is 8.78. The molecule has 1 amide bonds. The molecule has 2 heterocycles. The van der Waals surface area contributed by atoms with Gasteiger partial charge in [-0.1, -0.05) is 6.07 Å². The van der Waals surface area contributed by atoms with E-state index in [9.17, 15) is 27.9 Å². The first-order valence-corrected chi connectivity index (χ1v) is 11.2. The molecule has 0 bridgehead atoms. The topological polar surface area (TPSA) is 75.4 Å². The highest BCUT2D eigenvalue weighted by atomic mass is 19.4. The zero-order valence-corrected chi connectivity index (χ0v) is 19.2. The van der Waals surface area contributed by atoms with Gasteiger partial charge in [0.1, 0.15) is 6.04 Å². The van der Waals surface area contributed by atoms with Crippen molar-refractivity contribution in [1.29, 1.82) is 0 Å². The summed E-state index contributed by atoms with van der Waals surface area (Å²) < 4.78 is 42.2. The van der Waals surface area contributed by atoms with Crippen LogP contribution < -0.4 is 0 Å². The number of rotatable bonds is 7. The van der Waals surface area contributed by atoms with Crippen LogP contribution >= 0.6 is 0 Å². The van der Waals surface area contributed by atoms with Crippen LogP contribution in [0, 0.1) is 12.8 Å². The molecule has 180 valence electrons. The van der Waals surface area contributed by atoms with Crippen LogP contribution in [0.25, 0.3) is 22.2 Å². The lowest BCUT2D eigenvalue weighted by molar-refractivity contribution is -0.140. The summed E-state index contributed by atoms with van der Waals surface area (Å²) in [5.74, 6) is -1.15. The second-order valence-electron chi connectivity index (χ2n) is 8.78. The van der Waals surface area contributed by atoms with E-state index in [-0.39, 0.29) is 18.4 Å². The van der Waals surface area contributed by atoms with E-state index in [2.05, 4.69) is 4.98 Å². The molecule has 0 radical (unpaired) electrons. The number of nitrogens with zero attached hydrogens (tertiary/aromatic N) is 3. The summed E-state index contributed by atoms with van der Waals surface area (Å²) in [6, 6.07) is 6.11. The lowest BCUT2D eigenvalue weighted by Crippen LogP contribution is -2.31. The van der Waals surface area contributed by atoms with Gasteiger partial charge in [-0.05, 0) is 69.0 Å². The molecule has 1 aromatic carbocycles. The average molecular weight is 473 g/mol. The van der Waals surface area contributed by atoms with Gasteiger partial charge in [-0.25, -0.2) is 4.79 Å². The maximum Gasteiger partial charge on any atom is 0.416 e. The Kier molecular flexibility index (Phi) is 6.14. The number of hydrogen-bond donors (Lipinski definition) is 1. The molecule has 1 saturated carbocycles. The largest absolute Gasteiger partial charge is 0.480 e. The van der Waals surface area contributed by atoms with Crippen LogP contribution in [0.15, 0.2) is 36.5 Å². The predicted octanol–water partition coefficient (Wildman–Crippen LogP) is 5.43. The van der Waals surface area contributed by atoms with Crippen LogP contribution in [-0.2, 0) is 22.3 Å². The smallest absolute Gasteiger partial charge is 0.416 e. The molecule has 1 aliphatic rings. The molecule has 1 unspecified atom stereocenters. The van der Waals surface area contributed by atoms with Gasteiger partial charge < -0.3 is 14.6 Å². The summed E-state index contributed by atoms with van der Waals surface area (Å²) >= 11 is 0. The Labute approximate surface area is 195 Å². The number of carboxylic acids is 1. The number of fused-ring (bicyclic) bond motifs is 1. The van der Waals surface area contributed by atoms with Crippen LogP contribution in [0.2, 0.25) is 0 Å². The quantitative estimate of drug-likeness (QED) is 0.496. The molecular weight excluding hydrogens is 447 g/mol. The lowest BCUT2D eigenvalue weighted by atomic mass is 9.97. The van der Waals surface area contributed by atoms with Gasteiger partial charge in [-0.3, -0.25) is 9.78 Å². The maximum atomic E-state index is 13.6. The summed E-state index contributed by atoms with van der Waals surface area (Å²) in [4.78, 5) is 30.6. The number of hydrogen-bond acceptors (Lipinski definition) is 3. The van der Waals surface area contributed by atoms with Gasteiger partial charge in [0.05, 0.1) is 16.6 Å². The molecule has 3 aromatic rings. The summed E-state index contributed by atoms with van der Waals surface area (Å²) in [7, 11) is 0. The van der Waals surface area contributed by atoms with E-state index in [1.54, 1.807) is 41.6 Å². The number of carbonyl (C=O) groups excluding carboxylic acids is 1. The van der Waals surface area contributed by atoms with Crippen molar-refractivity contribution in [2.24, 2.45) is 5.92 Å². The van der Waals surface area contributed by atoms with Crippen LogP contribution in [0.3, 0.4) is 0 Å². The second kappa shape index (κ2) is 8.77. The van der Waals surface area contributed by atoms with Crippen LogP contribution in [0.5, 0.6) is 0 Å². The van der Waals surface area contributed by atoms with E-state index in [4.69, 9.17) is 0 Å². The number of halogens is 3. The van der Waals surface area contributed by atoms with Gasteiger partial charge in [0, 0.05) is 36.5 Å². The highest BCUT2D eigenvalue weighted by molar-refractivity contribution is 5.95. The third-order valence-electron chi connectivity index (χ3n) is 6.29.